The monoisotopic (exact) mass is 306 g/mol. The number of ether oxygens (including phenoxy) is 1. The van der Waals surface area contributed by atoms with E-state index in [0.29, 0.717) is 20.8 Å². The first-order valence-corrected chi connectivity index (χ1v) is 6.48. The summed E-state index contributed by atoms with van der Waals surface area (Å²) in [4.78, 5) is 15.7. The molecule has 2 N–H and O–H groups in total. The lowest BCUT2D eigenvalue weighted by Crippen LogP contribution is -2.12. The fraction of sp³-hybridized carbons (Fsp3) is 0.222. The Morgan fingerprint density at radius 2 is 2.39 bits per heavy atom. The van der Waals surface area contributed by atoms with Gasteiger partial charge in [0.2, 0.25) is 5.95 Å². The molecule has 0 fully saturated rings. The molecule has 0 bridgehead atoms. The number of hydrogen-bond donors (Lipinski definition) is 2. The number of carbonyl (C=O) groups is 1. The lowest BCUT2D eigenvalue weighted by molar-refractivity contribution is 0.102. The van der Waals surface area contributed by atoms with E-state index >= 15 is 0 Å². The standard InChI is InChI=1S/C9H8Cl2N4O2S/c1-2-17-9-13-8(14-15-9)12-7(16)4-3-5(10)18-6(4)11/h3H,2H2,1H3,(H2,12,13,14,15,16). The zero-order valence-corrected chi connectivity index (χ0v) is 11.5. The van der Waals surface area contributed by atoms with Crippen molar-refractivity contribution < 1.29 is 9.53 Å². The van der Waals surface area contributed by atoms with Gasteiger partial charge in [0.25, 0.3) is 5.91 Å². The van der Waals surface area contributed by atoms with Crippen molar-refractivity contribution in [2.45, 2.75) is 6.92 Å². The van der Waals surface area contributed by atoms with Gasteiger partial charge in [-0.25, -0.2) is 5.10 Å². The summed E-state index contributed by atoms with van der Waals surface area (Å²) in [6.07, 6.45) is 0. The van der Waals surface area contributed by atoms with Gasteiger partial charge in [0.05, 0.1) is 16.5 Å². The Balaban J connectivity index is 2.08. The fourth-order valence-electron chi connectivity index (χ4n) is 1.17. The van der Waals surface area contributed by atoms with Gasteiger partial charge >= 0.3 is 6.01 Å². The molecule has 0 atom stereocenters. The number of H-pyrrole nitrogens is 1. The van der Waals surface area contributed by atoms with E-state index in [9.17, 15) is 4.79 Å². The van der Waals surface area contributed by atoms with Gasteiger partial charge in [0.15, 0.2) is 0 Å². The Labute approximate surface area is 116 Å². The second-order valence-corrected chi connectivity index (χ2v) is 5.38. The fourth-order valence-corrected chi connectivity index (χ4v) is 2.62. The number of rotatable bonds is 4. The van der Waals surface area contributed by atoms with Crippen LogP contribution < -0.4 is 10.1 Å². The number of aromatic amines is 1. The van der Waals surface area contributed by atoms with Crippen molar-refractivity contribution in [2.75, 3.05) is 11.9 Å². The summed E-state index contributed by atoms with van der Waals surface area (Å²) < 4.78 is 5.82. The van der Waals surface area contributed by atoms with E-state index < -0.39 is 5.91 Å². The van der Waals surface area contributed by atoms with Crippen LogP contribution in [0.4, 0.5) is 5.95 Å². The lowest BCUT2D eigenvalue weighted by Gasteiger charge is -1.98. The van der Waals surface area contributed by atoms with Gasteiger partial charge in [-0.15, -0.1) is 16.4 Å². The summed E-state index contributed by atoms with van der Waals surface area (Å²) in [6, 6.07) is 1.66. The van der Waals surface area contributed by atoms with Gasteiger partial charge < -0.3 is 4.74 Å². The van der Waals surface area contributed by atoms with Crippen molar-refractivity contribution in [1.29, 1.82) is 0 Å². The van der Waals surface area contributed by atoms with E-state index in [1.807, 2.05) is 6.92 Å². The summed E-state index contributed by atoms with van der Waals surface area (Å²) in [6.45, 7) is 2.25. The number of halogens is 2. The molecule has 96 valence electrons. The smallest absolute Gasteiger partial charge is 0.337 e. The molecular weight excluding hydrogens is 299 g/mol. The van der Waals surface area contributed by atoms with Crippen LogP contribution in [0.5, 0.6) is 6.01 Å². The Morgan fingerprint density at radius 1 is 1.61 bits per heavy atom. The predicted octanol–water partition coefficient (Wildman–Crippen LogP) is 2.82. The number of amides is 1. The second-order valence-electron chi connectivity index (χ2n) is 3.09. The van der Waals surface area contributed by atoms with Crippen LogP contribution in [0.25, 0.3) is 0 Å². The number of nitrogens with zero attached hydrogens (tertiary/aromatic N) is 2. The molecule has 0 aromatic carbocycles. The number of thiophene rings is 1. The highest BCUT2D eigenvalue weighted by molar-refractivity contribution is 7.20. The van der Waals surface area contributed by atoms with Gasteiger partial charge in [-0.05, 0) is 13.0 Å². The molecule has 0 spiro atoms. The third-order valence-corrected chi connectivity index (χ3v) is 3.36. The van der Waals surface area contributed by atoms with Crippen LogP contribution in [-0.2, 0) is 0 Å². The topological polar surface area (TPSA) is 79.9 Å². The van der Waals surface area contributed by atoms with Crippen molar-refractivity contribution in [1.82, 2.24) is 15.2 Å². The maximum absolute atomic E-state index is 11.8. The summed E-state index contributed by atoms with van der Waals surface area (Å²) >= 11 is 12.7. The molecule has 0 unspecified atom stereocenters. The minimum Gasteiger partial charge on any atom is -0.463 e. The molecule has 2 rings (SSSR count). The molecule has 6 nitrogen and oxygen atoms in total. The highest BCUT2D eigenvalue weighted by atomic mass is 35.5. The average molecular weight is 307 g/mol. The Kier molecular flexibility index (Phi) is 4.05. The summed E-state index contributed by atoms with van der Waals surface area (Å²) in [5.74, 6) is -0.232. The van der Waals surface area contributed by atoms with E-state index in [0.717, 1.165) is 11.3 Å². The summed E-state index contributed by atoms with van der Waals surface area (Å²) in [7, 11) is 0. The van der Waals surface area contributed by atoms with Gasteiger partial charge in [0, 0.05) is 0 Å². The zero-order valence-electron chi connectivity index (χ0n) is 9.16. The van der Waals surface area contributed by atoms with Crippen molar-refractivity contribution >= 4 is 46.4 Å². The molecule has 2 aromatic rings. The molecule has 0 aliphatic carbocycles. The molecule has 18 heavy (non-hydrogen) atoms. The zero-order chi connectivity index (χ0) is 13.1. The van der Waals surface area contributed by atoms with Crippen molar-refractivity contribution in [2.24, 2.45) is 0 Å². The van der Waals surface area contributed by atoms with Gasteiger partial charge in [-0.2, -0.15) is 4.98 Å². The summed E-state index contributed by atoms with van der Waals surface area (Å²) in [5.41, 5.74) is 0.293. The minimum absolute atomic E-state index is 0.169. The highest BCUT2D eigenvalue weighted by Gasteiger charge is 2.16. The summed E-state index contributed by atoms with van der Waals surface area (Å²) in [5, 5.41) is 8.78. The largest absolute Gasteiger partial charge is 0.463 e. The van der Waals surface area contributed by atoms with Crippen LogP contribution in [0.2, 0.25) is 8.67 Å². The van der Waals surface area contributed by atoms with Crippen LogP contribution in [0.3, 0.4) is 0 Å². The Morgan fingerprint density at radius 3 is 3.00 bits per heavy atom. The molecule has 9 heteroatoms. The molecule has 0 aliphatic rings. The number of carbonyl (C=O) groups excluding carboxylic acids is 1. The number of anilines is 1. The van der Waals surface area contributed by atoms with Gasteiger partial charge in [-0.3, -0.25) is 10.1 Å². The number of hydrogen-bond acceptors (Lipinski definition) is 5. The first-order chi connectivity index (χ1) is 8.60. The SMILES string of the molecule is CCOc1n[nH]c(NC(=O)c2cc(Cl)sc2Cl)n1. The minimum atomic E-state index is -0.414. The van der Waals surface area contributed by atoms with E-state index in [-0.39, 0.29) is 12.0 Å². The third kappa shape index (κ3) is 2.92. The first kappa shape index (κ1) is 13.1. The van der Waals surface area contributed by atoms with E-state index in [1.165, 1.54) is 6.07 Å². The van der Waals surface area contributed by atoms with Crippen molar-refractivity contribution in [3.8, 4) is 6.01 Å². The normalized spacial score (nSPS) is 10.4. The quantitative estimate of drug-likeness (QED) is 0.910. The molecule has 0 radical (unpaired) electrons. The van der Waals surface area contributed by atoms with Crippen LogP contribution >= 0.6 is 34.5 Å². The van der Waals surface area contributed by atoms with Crippen LogP contribution in [-0.4, -0.2) is 27.7 Å². The van der Waals surface area contributed by atoms with Crippen molar-refractivity contribution in [3.05, 3.63) is 20.3 Å². The average Bonchev–Trinajstić information content (AvgIpc) is 2.86. The van der Waals surface area contributed by atoms with Gasteiger partial charge in [0.1, 0.15) is 4.34 Å². The Bertz CT molecular complexity index is 569. The van der Waals surface area contributed by atoms with Crippen molar-refractivity contribution in [3.63, 3.8) is 0 Å². The molecule has 0 saturated heterocycles. The molecule has 1 amide bonds. The second kappa shape index (κ2) is 5.55. The van der Waals surface area contributed by atoms with E-state index in [2.05, 4.69) is 20.5 Å². The Hall–Kier alpha value is -1.31. The van der Waals surface area contributed by atoms with Crippen LogP contribution in [0.1, 0.15) is 17.3 Å². The lowest BCUT2D eigenvalue weighted by atomic mass is 10.3. The molecule has 0 aliphatic heterocycles. The van der Waals surface area contributed by atoms with E-state index in [4.69, 9.17) is 27.9 Å². The molecule has 2 aromatic heterocycles. The first-order valence-electron chi connectivity index (χ1n) is 4.91. The van der Waals surface area contributed by atoms with Crippen LogP contribution in [0.15, 0.2) is 6.07 Å². The molecule has 2 heterocycles. The number of aromatic nitrogens is 3. The molecular formula is C9H8Cl2N4O2S. The maximum atomic E-state index is 11.8. The molecule has 0 saturated carbocycles. The van der Waals surface area contributed by atoms with Gasteiger partial charge in [-0.1, -0.05) is 23.2 Å². The highest BCUT2D eigenvalue weighted by Crippen LogP contribution is 2.31. The third-order valence-electron chi connectivity index (χ3n) is 1.87. The predicted molar refractivity (Wildman–Crippen MR) is 69.8 cm³/mol. The number of nitrogens with one attached hydrogen (secondary N) is 2. The van der Waals surface area contributed by atoms with E-state index in [1.54, 1.807) is 0 Å². The van der Waals surface area contributed by atoms with Crippen LogP contribution in [0, 0.1) is 0 Å². The maximum Gasteiger partial charge on any atom is 0.337 e.